The number of amides is 3. The number of anilines is 1. The summed E-state index contributed by atoms with van der Waals surface area (Å²) in [7, 11) is 0. The second kappa shape index (κ2) is 6.98. The maximum absolute atomic E-state index is 12.8. The van der Waals surface area contributed by atoms with Gasteiger partial charge in [0, 0.05) is 37.8 Å². The number of rotatable bonds is 2. The van der Waals surface area contributed by atoms with Crippen molar-refractivity contribution in [2.24, 2.45) is 0 Å². The average molecular weight is 333 g/mol. The lowest BCUT2D eigenvalue weighted by Crippen LogP contribution is -2.49. The number of piperidine rings is 1. The van der Waals surface area contributed by atoms with E-state index >= 15 is 0 Å². The normalized spacial score (nSPS) is 18.8. The van der Waals surface area contributed by atoms with Crippen molar-refractivity contribution in [1.82, 2.24) is 9.80 Å². The van der Waals surface area contributed by atoms with Gasteiger partial charge in [-0.15, -0.1) is 0 Å². The van der Waals surface area contributed by atoms with Crippen LogP contribution in [0.3, 0.4) is 0 Å². The van der Waals surface area contributed by atoms with Gasteiger partial charge < -0.3 is 15.1 Å². The molecule has 2 saturated heterocycles. The molecule has 24 heavy (non-hydrogen) atoms. The third-order valence-corrected chi connectivity index (χ3v) is 4.60. The number of halogens is 1. The van der Waals surface area contributed by atoms with Crippen LogP contribution in [-0.4, -0.2) is 53.2 Å². The van der Waals surface area contributed by atoms with E-state index in [9.17, 15) is 18.8 Å². The van der Waals surface area contributed by atoms with Crippen LogP contribution >= 0.6 is 0 Å². The fourth-order valence-corrected chi connectivity index (χ4v) is 3.30. The lowest BCUT2D eigenvalue weighted by molar-refractivity contribution is -0.144. The van der Waals surface area contributed by atoms with Crippen molar-refractivity contribution < 1.29 is 18.8 Å². The van der Waals surface area contributed by atoms with Crippen LogP contribution in [0.5, 0.6) is 0 Å². The van der Waals surface area contributed by atoms with E-state index in [2.05, 4.69) is 5.32 Å². The van der Waals surface area contributed by atoms with Crippen LogP contribution < -0.4 is 5.32 Å². The zero-order valence-corrected chi connectivity index (χ0v) is 13.3. The molecule has 2 heterocycles. The van der Waals surface area contributed by atoms with E-state index in [1.807, 2.05) is 4.90 Å². The summed E-state index contributed by atoms with van der Waals surface area (Å²) < 4.78 is 12.8. The Hall–Kier alpha value is -2.44. The number of carbonyl (C=O) groups is 3. The molecule has 0 spiro atoms. The SMILES string of the molecule is O=C(Nc1ccc(F)cc1)C(=O)N1CCC(N2CCCC2=O)CC1. The Bertz CT molecular complexity index is 639. The molecule has 0 bridgehead atoms. The lowest BCUT2D eigenvalue weighted by Gasteiger charge is -2.36. The van der Waals surface area contributed by atoms with E-state index in [1.165, 1.54) is 29.2 Å². The predicted molar refractivity (Wildman–Crippen MR) is 85.6 cm³/mol. The van der Waals surface area contributed by atoms with Crippen molar-refractivity contribution in [3.8, 4) is 0 Å². The molecule has 0 saturated carbocycles. The number of likely N-dealkylation sites (tertiary alicyclic amines) is 2. The first kappa shape index (κ1) is 16.4. The topological polar surface area (TPSA) is 69.7 Å². The van der Waals surface area contributed by atoms with Crippen LogP contribution in [0.1, 0.15) is 25.7 Å². The summed E-state index contributed by atoms with van der Waals surface area (Å²) in [6.07, 6.45) is 2.90. The highest BCUT2D eigenvalue weighted by Gasteiger charge is 2.33. The summed E-state index contributed by atoms with van der Waals surface area (Å²) in [5.74, 6) is -1.53. The molecule has 0 aliphatic carbocycles. The highest BCUT2D eigenvalue weighted by molar-refractivity contribution is 6.39. The van der Waals surface area contributed by atoms with Crippen molar-refractivity contribution >= 4 is 23.4 Å². The van der Waals surface area contributed by atoms with Gasteiger partial charge in [0.05, 0.1) is 0 Å². The number of benzene rings is 1. The Kier molecular flexibility index (Phi) is 4.78. The molecular weight excluding hydrogens is 313 g/mol. The van der Waals surface area contributed by atoms with Crippen LogP contribution in [0.2, 0.25) is 0 Å². The van der Waals surface area contributed by atoms with Gasteiger partial charge in [-0.05, 0) is 43.5 Å². The number of carbonyl (C=O) groups excluding carboxylic acids is 3. The third kappa shape index (κ3) is 3.55. The maximum atomic E-state index is 12.8. The van der Waals surface area contributed by atoms with Crippen LogP contribution in [0.4, 0.5) is 10.1 Å². The molecule has 2 aliphatic heterocycles. The molecule has 3 amide bonds. The second-order valence-electron chi connectivity index (χ2n) is 6.18. The molecule has 1 aromatic rings. The van der Waals surface area contributed by atoms with Gasteiger partial charge in [-0.2, -0.15) is 0 Å². The summed E-state index contributed by atoms with van der Waals surface area (Å²) in [6, 6.07) is 5.43. The van der Waals surface area contributed by atoms with Gasteiger partial charge in [0.1, 0.15) is 5.82 Å². The molecule has 2 fully saturated rings. The van der Waals surface area contributed by atoms with Crippen molar-refractivity contribution in [1.29, 1.82) is 0 Å². The van der Waals surface area contributed by atoms with Gasteiger partial charge in [-0.1, -0.05) is 0 Å². The summed E-state index contributed by atoms with van der Waals surface area (Å²) >= 11 is 0. The number of hydrogen-bond donors (Lipinski definition) is 1. The predicted octanol–water partition coefficient (Wildman–Crippen LogP) is 1.38. The van der Waals surface area contributed by atoms with Crippen LogP contribution in [0.15, 0.2) is 24.3 Å². The zero-order chi connectivity index (χ0) is 17.1. The summed E-state index contributed by atoms with van der Waals surface area (Å²) in [5, 5.41) is 2.48. The van der Waals surface area contributed by atoms with Crippen LogP contribution in [-0.2, 0) is 14.4 Å². The molecule has 128 valence electrons. The molecule has 3 rings (SSSR count). The Balaban J connectivity index is 1.52. The fourth-order valence-electron chi connectivity index (χ4n) is 3.30. The number of nitrogens with one attached hydrogen (secondary N) is 1. The summed E-state index contributed by atoms with van der Waals surface area (Å²) in [4.78, 5) is 39.4. The molecular formula is C17H20FN3O3. The summed E-state index contributed by atoms with van der Waals surface area (Å²) in [6.45, 7) is 1.72. The van der Waals surface area contributed by atoms with Gasteiger partial charge in [0.2, 0.25) is 5.91 Å². The van der Waals surface area contributed by atoms with Crippen LogP contribution in [0, 0.1) is 5.82 Å². The smallest absolute Gasteiger partial charge is 0.313 e. The van der Waals surface area contributed by atoms with Gasteiger partial charge >= 0.3 is 11.8 Å². The van der Waals surface area contributed by atoms with Crippen molar-refractivity contribution in [2.45, 2.75) is 31.7 Å². The van der Waals surface area contributed by atoms with Gasteiger partial charge in [-0.25, -0.2) is 4.39 Å². The molecule has 1 N–H and O–H groups in total. The first-order valence-corrected chi connectivity index (χ1v) is 8.20. The molecule has 1 aromatic carbocycles. The molecule has 0 atom stereocenters. The van der Waals surface area contributed by atoms with E-state index in [1.54, 1.807) is 0 Å². The van der Waals surface area contributed by atoms with Gasteiger partial charge in [0.15, 0.2) is 0 Å². The highest BCUT2D eigenvalue weighted by Crippen LogP contribution is 2.22. The minimum absolute atomic E-state index is 0.171. The Morgan fingerprint density at radius 2 is 1.75 bits per heavy atom. The minimum Gasteiger partial charge on any atom is -0.340 e. The number of hydrogen-bond acceptors (Lipinski definition) is 3. The highest BCUT2D eigenvalue weighted by atomic mass is 19.1. The quantitative estimate of drug-likeness (QED) is 0.831. The lowest BCUT2D eigenvalue weighted by atomic mass is 10.0. The molecule has 0 aromatic heterocycles. The third-order valence-electron chi connectivity index (χ3n) is 4.60. The minimum atomic E-state index is -0.725. The fraction of sp³-hybridized carbons (Fsp3) is 0.471. The average Bonchev–Trinajstić information content (AvgIpc) is 3.02. The van der Waals surface area contributed by atoms with E-state index in [0.29, 0.717) is 38.0 Å². The van der Waals surface area contributed by atoms with Gasteiger partial charge in [0.25, 0.3) is 0 Å². The van der Waals surface area contributed by atoms with Crippen molar-refractivity contribution in [3.63, 3.8) is 0 Å². The van der Waals surface area contributed by atoms with E-state index in [4.69, 9.17) is 0 Å². The molecule has 6 nitrogen and oxygen atoms in total. The molecule has 0 radical (unpaired) electrons. The Labute approximate surface area is 139 Å². The van der Waals surface area contributed by atoms with Crippen molar-refractivity contribution in [2.75, 3.05) is 25.0 Å². The van der Waals surface area contributed by atoms with E-state index in [-0.39, 0.29) is 11.9 Å². The summed E-state index contributed by atoms with van der Waals surface area (Å²) in [5.41, 5.74) is 0.382. The first-order chi connectivity index (χ1) is 11.5. The van der Waals surface area contributed by atoms with Crippen LogP contribution in [0.25, 0.3) is 0 Å². The molecule has 2 aliphatic rings. The Morgan fingerprint density at radius 3 is 2.33 bits per heavy atom. The standard InChI is InChI=1S/C17H20FN3O3/c18-12-3-5-13(6-4-12)19-16(23)17(24)20-10-7-14(8-11-20)21-9-1-2-15(21)22/h3-6,14H,1-2,7-11H2,(H,19,23). The Morgan fingerprint density at radius 1 is 1.08 bits per heavy atom. The number of nitrogens with zero attached hydrogens (tertiary/aromatic N) is 2. The van der Waals surface area contributed by atoms with E-state index in [0.717, 1.165) is 13.0 Å². The monoisotopic (exact) mass is 333 g/mol. The largest absolute Gasteiger partial charge is 0.340 e. The second-order valence-corrected chi connectivity index (χ2v) is 6.18. The maximum Gasteiger partial charge on any atom is 0.313 e. The zero-order valence-electron chi connectivity index (χ0n) is 13.3. The first-order valence-electron chi connectivity index (χ1n) is 8.20. The molecule has 0 unspecified atom stereocenters. The van der Waals surface area contributed by atoms with E-state index < -0.39 is 17.6 Å². The van der Waals surface area contributed by atoms with Gasteiger partial charge in [-0.3, -0.25) is 14.4 Å². The van der Waals surface area contributed by atoms with Crippen molar-refractivity contribution in [3.05, 3.63) is 30.1 Å². The molecule has 7 heteroatoms.